The van der Waals surface area contributed by atoms with E-state index >= 15 is 0 Å². The average molecular weight is 342 g/mol. The van der Waals surface area contributed by atoms with Crippen LogP contribution >= 0.6 is 34.8 Å². The molecule has 0 amide bonds. The summed E-state index contributed by atoms with van der Waals surface area (Å²) >= 11 is 18.6. The molecule has 0 aliphatic rings. The quantitative estimate of drug-likeness (QED) is 0.525. The summed E-state index contributed by atoms with van der Waals surface area (Å²) in [5, 5.41) is 0.853. The van der Waals surface area contributed by atoms with Crippen LogP contribution in [0.4, 0.5) is 0 Å². The molecule has 2 aromatic carbocycles. The maximum atomic E-state index is 6.55. The molecule has 1 atom stereocenters. The van der Waals surface area contributed by atoms with Crippen molar-refractivity contribution in [3.05, 3.63) is 69.2 Å². The second-order valence-electron chi connectivity index (χ2n) is 5.90. The first-order chi connectivity index (χ1) is 9.85. The molecule has 0 bridgehead atoms. The number of benzene rings is 2. The summed E-state index contributed by atoms with van der Waals surface area (Å²) in [5.74, 6) is 0. The molecule has 0 fully saturated rings. The minimum Gasteiger partial charge on any atom is -0.113 e. The SMILES string of the molecule is CCC(C)(C)c1ccc(C(Cl)c2ccc(Cl)c(Cl)c2)cc1. The maximum Gasteiger partial charge on any atom is 0.0835 e. The molecule has 0 aromatic heterocycles. The number of halogens is 3. The van der Waals surface area contributed by atoms with Crippen molar-refractivity contribution in [3.63, 3.8) is 0 Å². The number of hydrogen-bond acceptors (Lipinski definition) is 0. The summed E-state index contributed by atoms with van der Waals surface area (Å²) in [6, 6.07) is 14.0. The Hall–Kier alpha value is -0.690. The summed E-state index contributed by atoms with van der Waals surface area (Å²) in [6.07, 6.45) is 1.10. The van der Waals surface area contributed by atoms with Gasteiger partial charge in [-0.15, -0.1) is 11.6 Å². The lowest BCUT2D eigenvalue weighted by atomic mass is 9.82. The Kier molecular flexibility index (Phi) is 5.24. The van der Waals surface area contributed by atoms with Crippen LogP contribution in [0.1, 0.15) is 49.3 Å². The lowest BCUT2D eigenvalue weighted by molar-refractivity contribution is 0.506. The zero-order valence-electron chi connectivity index (χ0n) is 12.5. The Bertz CT molecular complexity index is 615. The fourth-order valence-electron chi connectivity index (χ4n) is 2.17. The fourth-order valence-corrected chi connectivity index (χ4v) is 2.76. The van der Waals surface area contributed by atoms with E-state index in [2.05, 4.69) is 45.0 Å². The van der Waals surface area contributed by atoms with E-state index in [-0.39, 0.29) is 10.8 Å². The van der Waals surface area contributed by atoms with Gasteiger partial charge in [0.2, 0.25) is 0 Å². The minimum atomic E-state index is -0.224. The van der Waals surface area contributed by atoms with Crippen LogP contribution in [0.3, 0.4) is 0 Å². The molecule has 0 saturated heterocycles. The summed E-state index contributed by atoms with van der Waals surface area (Å²) in [7, 11) is 0. The van der Waals surface area contributed by atoms with E-state index in [4.69, 9.17) is 34.8 Å². The van der Waals surface area contributed by atoms with Crippen molar-refractivity contribution in [1.82, 2.24) is 0 Å². The standard InChI is InChI=1S/C18H19Cl3/c1-4-18(2,3)14-8-5-12(6-9-14)17(21)13-7-10-15(19)16(20)11-13/h5-11,17H,4H2,1-3H3. The van der Waals surface area contributed by atoms with Crippen molar-refractivity contribution in [3.8, 4) is 0 Å². The third-order valence-electron chi connectivity index (χ3n) is 4.11. The van der Waals surface area contributed by atoms with Gasteiger partial charge >= 0.3 is 0 Å². The topological polar surface area (TPSA) is 0 Å². The van der Waals surface area contributed by atoms with Crippen LogP contribution < -0.4 is 0 Å². The molecule has 0 saturated carbocycles. The third-order valence-corrected chi connectivity index (χ3v) is 5.35. The van der Waals surface area contributed by atoms with Crippen LogP contribution in [0, 0.1) is 0 Å². The van der Waals surface area contributed by atoms with Crippen molar-refractivity contribution in [2.24, 2.45) is 0 Å². The largest absolute Gasteiger partial charge is 0.113 e. The lowest BCUT2D eigenvalue weighted by Gasteiger charge is -2.24. The van der Waals surface area contributed by atoms with Crippen molar-refractivity contribution >= 4 is 34.8 Å². The van der Waals surface area contributed by atoms with Gasteiger partial charge in [0.15, 0.2) is 0 Å². The minimum absolute atomic E-state index is 0.184. The monoisotopic (exact) mass is 340 g/mol. The molecule has 2 rings (SSSR count). The van der Waals surface area contributed by atoms with Crippen LogP contribution in [-0.4, -0.2) is 0 Å². The Balaban J connectivity index is 2.27. The van der Waals surface area contributed by atoms with Gasteiger partial charge in [0, 0.05) is 0 Å². The average Bonchev–Trinajstić information content (AvgIpc) is 2.49. The molecule has 0 spiro atoms. The molecule has 21 heavy (non-hydrogen) atoms. The van der Waals surface area contributed by atoms with Gasteiger partial charge in [-0.2, -0.15) is 0 Å². The molecule has 112 valence electrons. The van der Waals surface area contributed by atoms with Crippen molar-refractivity contribution in [2.75, 3.05) is 0 Å². The Morgan fingerprint density at radius 2 is 1.48 bits per heavy atom. The second kappa shape index (κ2) is 6.60. The van der Waals surface area contributed by atoms with Crippen LogP contribution in [0.5, 0.6) is 0 Å². The molecule has 0 aliphatic carbocycles. The highest BCUT2D eigenvalue weighted by Gasteiger charge is 2.19. The molecule has 0 heterocycles. The van der Waals surface area contributed by atoms with E-state index in [1.54, 1.807) is 6.07 Å². The molecule has 0 aliphatic heterocycles. The van der Waals surface area contributed by atoms with Crippen LogP contribution in [-0.2, 0) is 5.41 Å². The smallest absolute Gasteiger partial charge is 0.0835 e. The molecule has 3 heteroatoms. The molecule has 0 radical (unpaired) electrons. The lowest BCUT2D eigenvalue weighted by Crippen LogP contribution is -2.15. The van der Waals surface area contributed by atoms with Crippen molar-refractivity contribution in [1.29, 1.82) is 0 Å². The van der Waals surface area contributed by atoms with Gasteiger partial charge in [0.25, 0.3) is 0 Å². The van der Waals surface area contributed by atoms with E-state index in [0.717, 1.165) is 17.5 Å². The highest BCUT2D eigenvalue weighted by molar-refractivity contribution is 6.42. The molecule has 0 nitrogen and oxygen atoms in total. The summed E-state index contributed by atoms with van der Waals surface area (Å²) in [6.45, 7) is 6.70. The second-order valence-corrected chi connectivity index (χ2v) is 7.15. The van der Waals surface area contributed by atoms with E-state index in [0.29, 0.717) is 10.0 Å². The Labute approximate surface area is 142 Å². The predicted molar refractivity (Wildman–Crippen MR) is 93.9 cm³/mol. The zero-order valence-corrected chi connectivity index (χ0v) is 14.7. The molecule has 2 aromatic rings. The summed E-state index contributed by atoms with van der Waals surface area (Å²) < 4.78 is 0. The number of hydrogen-bond donors (Lipinski definition) is 0. The molecular weight excluding hydrogens is 323 g/mol. The van der Waals surface area contributed by atoms with Crippen LogP contribution in [0.15, 0.2) is 42.5 Å². The molecule has 1 unspecified atom stereocenters. The highest BCUT2D eigenvalue weighted by Crippen LogP contribution is 2.34. The van der Waals surface area contributed by atoms with E-state index in [1.165, 1.54) is 5.56 Å². The van der Waals surface area contributed by atoms with E-state index in [1.807, 2.05) is 12.1 Å². The summed E-state index contributed by atoms with van der Waals surface area (Å²) in [5.41, 5.74) is 3.52. The maximum absolute atomic E-state index is 6.55. The van der Waals surface area contributed by atoms with Crippen LogP contribution in [0.25, 0.3) is 0 Å². The van der Waals surface area contributed by atoms with Gasteiger partial charge in [0.1, 0.15) is 0 Å². The van der Waals surface area contributed by atoms with Gasteiger partial charge < -0.3 is 0 Å². The number of rotatable bonds is 4. The van der Waals surface area contributed by atoms with Gasteiger partial charge in [-0.1, -0.05) is 74.3 Å². The van der Waals surface area contributed by atoms with Gasteiger partial charge in [-0.25, -0.2) is 0 Å². The van der Waals surface area contributed by atoms with Crippen molar-refractivity contribution in [2.45, 2.75) is 38.0 Å². The van der Waals surface area contributed by atoms with E-state index < -0.39 is 0 Å². The first kappa shape index (κ1) is 16.7. The Morgan fingerprint density at radius 3 is 2.00 bits per heavy atom. The fraction of sp³-hybridized carbons (Fsp3) is 0.333. The van der Waals surface area contributed by atoms with Crippen LogP contribution in [0.2, 0.25) is 10.0 Å². The number of alkyl halides is 1. The van der Waals surface area contributed by atoms with E-state index in [9.17, 15) is 0 Å². The predicted octanol–water partition coefficient (Wildman–Crippen LogP) is 7.01. The zero-order chi connectivity index (χ0) is 15.6. The normalized spacial score (nSPS) is 13.2. The molecule has 0 N–H and O–H groups in total. The van der Waals surface area contributed by atoms with Gasteiger partial charge in [0.05, 0.1) is 15.4 Å². The third kappa shape index (κ3) is 3.74. The Morgan fingerprint density at radius 1 is 0.905 bits per heavy atom. The first-order valence-electron chi connectivity index (χ1n) is 7.04. The molecular formula is C18H19Cl3. The highest BCUT2D eigenvalue weighted by atomic mass is 35.5. The van der Waals surface area contributed by atoms with Crippen molar-refractivity contribution < 1.29 is 0 Å². The van der Waals surface area contributed by atoms with Gasteiger partial charge in [-0.3, -0.25) is 0 Å². The van der Waals surface area contributed by atoms with Gasteiger partial charge in [-0.05, 0) is 40.7 Å². The first-order valence-corrected chi connectivity index (χ1v) is 8.24. The summed E-state index contributed by atoms with van der Waals surface area (Å²) in [4.78, 5) is 0.